The second kappa shape index (κ2) is 10.3. The van der Waals surface area contributed by atoms with Crippen LogP contribution in [0.15, 0.2) is 55.0 Å². The summed E-state index contributed by atoms with van der Waals surface area (Å²) in [5, 5.41) is 17.6. The first kappa shape index (κ1) is 25.9. The number of carbonyl (C=O) groups excluding carboxylic acids is 1. The van der Waals surface area contributed by atoms with Crippen LogP contribution in [-0.2, 0) is 4.79 Å². The lowest BCUT2D eigenvalue weighted by Gasteiger charge is -2.41. The Kier molecular flexibility index (Phi) is 6.83. The Balaban J connectivity index is 1.33. The van der Waals surface area contributed by atoms with Gasteiger partial charge in [0.15, 0.2) is 0 Å². The normalized spacial score (nSPS) is 24.4. The van der Waals surface area contributed by atoms with Gasteiger partial charge in [0, 0.05) is 54.8 Å². The standard InChI is InChI=1S/C29H34N6O3S/c30-20-29(11-12-29)32-28(36)25-4-2-1-3-24(25)27-26(19-35(33-27)23-9-13-31-14-10-23)21-5-7-22(8-6-21)34-15-17-39(37,38)18-16-34/h5-10,13-14,19,24-25,37-38H,1-4,11-12,15-18H2,(H,32,36)/t24-,25-/m1/s1. The molecule has 3 aromatic rings. The Hall–Kier alpha value is -3.39. The first-order chi connectivity index (χ1) is 18.9. The molecule has 0 bridgehead atoms. The molecule has 3 heterocycles. The molecule has 2 saturated carbocycles. The summed E-state index contributed by atoms with van der Waals surface area (Å²) in [6.07, 6.45) is 10.6. The van der Waals surface area contributed by atoms with Crippen LogP contribution in [0.25, 0.3) is 16.8 Å². The summed E-state index contributed by atoms with van der Waals surface area (Å²) in [5.74, 6) is 0.496. The number of carbonyl (C=O) groups is 1. The van der Waals surface area contributed by atoms with Gasteiger partial charge in [-0.25, -0.2) is 4.68 Å². The highest BCUT2D eigenvalue weighted by molar-refractivity contribution is 8.24. The van der Waals surface area contributed by atoms with Crippen molar-refractivity contribution < 1.29 is 13.9 Å². The molecule has 1 saturated heterocycles. The van der Waals surface area contributed by atoms with Crippen molar-refractivity contribution in [2.24, 2.45) is 5.92 Å². The number of pyridine rings is 1. The molecule has 9 nitrogen and oxygen atoms in total. The third-order valence-electron chi connectivity index (χ3n) is 8.37. The van der Waals surface area contributed by atoms with Gasteiger partial charge >= 0.3 is 0 Å². The lowest BCUT2D eigenvalue weighted by atomic mass is 9.75. The maximum absolute atomic E-state index is 13.4. The smallest absolute Gasteiger partial charge is 0.225 e. The van der Waals surface area contributed by atoms with Crippen molar-refractivity contribution in [2.75, 3.05) is 29.5 Å². The molecule has 0 unspecified atom stereocenters. The zero-order valence-electron chi connectivity index (χ0n) is 21.9. The van der Waals surface area contributed by atoms with Crippen LogP contribution in [0.2, 0.25) is 0 Å². The average molecular weight is 547 g/mol. The van der Waals surface area contributed by atoms with E-state index in [1.54, 1.807) is 12.4 Å². The molecule has 3 N–H and O–H groups in total. The molecule has 0 spiro atoms. The van der Waals surface area contributed by atoms with Gasteiger partial charge in [-0.3, -0.25) is 18.9 Å². The number of nitrogens with zero attached hydrogens (tertiary/aromatic N) is 5. The fraction of sp³-hybridized carbons (Fsp3) is 0.448. The van der Waals surface area contributed by atoms with Crippen molar-refractivity contribution in [3.05, 3.63) is 60.7 Å². The van der Waals surface area contributed by atoms with Crippen molar-refractivity contribution in [1.29, 1.82) is 5.26 Å². The van der Waals surface area contributed by atoms with E-state index in [9.17, 15) is 19.2 Å². The minimum atomic E-state index is -2.45. The molecular formula is C29H34N6O3S. The number of nitriles is 1. The van der Waals surface area contributed by atoms with E-state index in [0.717, 1.165) is 66.7 Å². The number of nitrogens with one attached hydrogen (secondary N) is 1. The van der Waals surface area contributed by atoms with Gasteiger partial charge in [-0.1, -0.05) is 25.0 Å². The van der Waals surface area contributed by atoms with Gasteiger partial charge in [-0.05, 0) is 55.5 Å². The largest absolute Gasteiger partial charge is 0.368 e. The molecule has 10 heteroatoms. The predicted molar refractivity (Wildman–Crippen MR) is 152 cm³/mol. The summed E-state index contributed by atoms with van der Waals surface area (Å²) >= 11 is 0. The van der Waals surface area contributed by atoms with E-state index < -0.39 is 16.1 Å². The molecular weight excluding hydrogens is 512 g/mol. The van der Waals surface area contributed by atoms with Crippen LogP contribution in [-0.4, -0.2) is 59.9 Å². The Labute approximate surface area is 230 Å². The van der Waals surface area contributed by atoms with E-state index in [4.69, 9.17) is 5.10 Å². The van der Waals surface area contributed by atoms with Crippen LogP contribution in [0.4, 0.5) is 5.69 Å². The molecule has 3 aliphatic rings. The van der Waals surface area contributed by atoms with E-state index in [-0.39, 0.29) is 17.7 Å². The molecule has 39 heavy (non-hydrogen) atoms. The number of benzene rings is 1. The van der Waals surface area contributed by atoms with Gasteiger partial charge < -0.3 is 10.2 Å². The molecule has 204 valence electrons. The van der Waals surface area contributed by atoms with Crippen molar-refractivity contribution >= 4 is 22.2 Å². The van der Waals surface area contributed by atoms with E-state index in [2.05, 4.69) is 45.5 Å². The van der Waals surface area contributed by atoms with Gasteiger partial charge in [-0.2, -0.15) is 21.0 Å². The fourth-order valence-electron chi connectivity index (χ4n) is 5.84. The van der Waals surface area contributed by atoms with Gasteiger partial charge in [-0.15, -0.1) is 0 Å². The molecule has 3 fully saturated rings. The topological polar surface area (TPSA) is 127 Å². The number of rotatable bonds is 6. The second-order valence-electron chi connectivity index (χ2n) is 11.0. The average Bonchev–Trinajstić information content (AvgIpc) is 3.60. The molecule has 1 amide bonds. The Bertz CT molecular complexity index is 1370. The predicted octanol–water partition coefficient (Wildman–Crippen LogP) is 4.95. The van der Waals surface area contributed by atoms with Crippen molar-refractivity contribution in [1.82, 2.24) is 20.1 Å². The first-order valence-corrected chi connectivity index (χ1v) is 15.6. The minimum absolute atomic E-state index is 0.0328. The summed E-state index contributed by atoms with van der Waals surface area (Å²) in [5.41, 5.74) is 4.20. The zero-order valence-corrected chi connectivity index (χ0v) is 22.7. The van der Waals surface area contributed by atoms with Crippen LogP contribution >= 0.6 is 10.6 Å². The number of amides is 1. The summed E-state index contributed by atoms with van der Waals surface area (Å²) in [6.45, 7) is 1.24. The molecule has 2 aliphatic carbocycles. The Morgan fingerprint density at radius 3 is 2.38 bits per heavy atom. The molecule has 6 rings (SSSR count). The maximum Gasteiger partial charge on any atom is 0.225 e. The van der Waals surface area contributed by atoms with Crippen LogP contribution < -0.4 is 10.2 Å². The van der Waals surface area contributed by atoms with E-state index in [1.807, 2.05) is 23.0 Å². The van der Waals surface area contributed by atoms with Crippen molar-refractivity contribution in [3.8, 4) is 22.9 Å². The highest BCUT2D eigenvalue weighted by Gasteiger charge is 2.47. The van der Waals surface area contributed by atoms with E-state index in [1.165, 1.54) is 0 Å². The van der Waals surface area contributed by atoms with Crippen LogP contribution in [0, 0.1) is 17.2 Å². The zero-order chi connectivity index (χ0) is 27.0. The van der Waals surface area contributed by atoms with Gasteiger partial charge in [0.25, 0.3) is 0 Å². The highest BCUT2D eigenvalue weighted by Crippen LogP contribution is 2.44. The highest BCUT2D eigenvalue weighted by atomic mass is 32.3. The van der Waals surface area contributed by atoms with Crippen molar-refractivity contribution in [2.45, 2.75) is 50.0 Å². The SMILES string of the molecule is N#CC1(NC(=O)[C@@H]2CCCC[C@H]2c2nn(-c3ccncc3)cc2-c2ccc(N3CCS(O)(O)CC3)cc2)CC1. The summed E-state index contributed by atoms with van der Waals surface area (Å²) in [4.78, 5) is 19.8. The minimum Gasteiger partial charge on any atom is -0.368 e. The number of aromatic nitrogens is 3. The summed E-state index contributed by atoms with van der Waals surface area (Å²) in [6, 6.07) is 14.5. The number of hydrogen-bond acceptors (Lipinski definition) is 7. The molecule has 1 aliphatic heterocycles. The lowest BCUT2D eigenvalue weighted by Crippen LogP contribution is -2.42. The van der Waals surface area contributed by atoms with Gasteiger partial charge in [0.05, 0.1) is 29.0 Å². The maximum atomic E-state index is 13.4. The molecule has 0 radical (unpaired) electrons. The number of hydrogen-bond donors (Lipinski definition) is 3. The quantitative estimate of drug-likeness (QED) is 0.399. The number of anilines is 1. The first-order valence-electron chi connectivity index (χ1n) is 13.7. The Morgan fingerprint density at radius 2 is 1.72 bits per heavy atom. The van der Waals surface area contributed by atoms with Crippen LogP contribution in [0.5, 0.6) is 0 Å². The van der Waals surface area contributed by atoms with Gasteiger partial charge in [0.2, 0.25) is 5.91 Å². The summed E-state index contributed by atoms with van der Waals surface area (Å²) < 4.78 is 21.8. The summed E-state index contributed by atoms with van der Waals surface area (Å²) in [7, 11) is -2.45. The lowest BCUT2D eigenvalue weighted by molar-refractivity contribution is -0.127. The fourth-order valence-corrected chi connectivity index (χ4v) is 7.07. The molecule has 2 atom stereocenters. The van der Waals surface area contributed by atoms with Gasteiger partial charge in [0.1, 0.15) is 5.54 Å². The van der Waals surface area contributed by atoms with Crippen molar-refractivity contribution in [3.63, 3.8) is 0 Å². The third-order valence-corrected chi connectivity index (χ3v) is 10.0. The second-order valence-corrected chi connectivity index (χ2v) is 13.4. The van der Waals surface area contributed by atoms with E-state index in [0.29, 0.717) is 24.6 Å². The molecule has 1 aromatic carbocycles. The third kappa shape index (κ3) is 5.39. The Morgan fingerprint density at radius 1 is 1.03 bits per heavy atom. The monoisotopic (exact) mass is 546 g/mol. The van der Waals surface area contributed by atoms with E-state index >= 15 is 0 Å². The van der Waals surface area contributed by atoms with Crippen LogP contribution in [0.3, 0.4) is 0 Å². The van der Waals surface area contributed by atoms with Crippen LogP contribution in [0.1, 0.15) is 50.1 Å². The molecule has 2 aromatic heterocycles.